The Kier molecular flexibility index (Phi) is 4.10. The molecule has 0 spiro atoms. The summed E-state index contributed by atoms with van der Waals surface area (Å²) in [5.74, 6) is 0.931. The molecule has 0 aliphatic rings. The predicted octanol–water partition coefficient (Wildman–Crippen LogP) is 2.01. The SMILES string of the molecule is CCn1ncnc1CC(O)C(C)c1ccccc1. The number of hydrogen-bond acceptors (Lipinski definition) is 3. The van der Waals surface area contributed by atoms with Crippen LogP contribution in [-0.4, -0.2) is 26.0 Å². The first kappa shape index (κ1) is 12.8. The maximum atomic E-state index is 10.3. The van der Waals surface area contributed by atoms with Crippen LogP contribution in [0.2, 0.25) is 0 Å². The third-order valence-electron chi connectivity index (χ3n) is 3.29. The van der Waals surface area contributed by atoms with Crippen molar-refractivity contribution in [2.24, 2.45) is 0 Å². The highest BCUT2D eigenvalue weighted by Crippen LogP contribution is 2.20. The fraction of sp³-hybridized carbons (Fsp3) is 0.429. The number of hydrogen-bond donors (Lipinski definition) is 1. The lowest BCUT2D eigenvalue weighted by Crippen LogP contribution is -2.21. The summed E-state index contributed by atoms with van der Waals surface area (Å²) in [7, 11) is 0. The van der Waals surface area contributed by atoms with Gasteiger partial charge in [-0.1, -0.05) is 37.3 Å². The fourth-order valence-electron chi connectivity index (χ4n) is 2.05. The van der Waals surface area contributed by atoms with Crippen LogP contribution in [0.4, 0.5) is 0 Å². The van der Waals surface area contributed by atoms with E-state index in [4.69, 9.17) is 0 Å². The first-order chi connectivity index (χ1) is 8.72. The number of rotatable bonds is 5. The Hall–Kier alpha value is -1.68. The largest absolute Gasteiger partial charge is 0.392 e. The lowest BCUT2D eigenvalue weighted by molar-refractivity contribution is 0.146. The van der Waals surface area contributed by atoms with Crippen molar-refractivity contribution in [1.82, 2.24) is 14.8 Å². The van der Waals surface area contributed by atoms with Gasteiger partial charge in [-0.05, 0) is 12.5 Å². The summed E-state index contributed by atoms with van der Waals surface area (Å²) >= 11 is 0. The first-order valence-electron chi connectivity index (χ1n) is 6.32. The molecule has 4 heteroatoms. The number of aromatic nitrogens is 3. The lowest BCUT2D eigenvalue weighted by atomic mass is 9.93. The molecule has 0 amide bonds. The van der Waals surface area contributed by atoms with Gasteiger partial charge in [-0.3, -0.25) is 4.68 Å². The maximum absolute atomic E-state index is 10.3. The Morgan fingerprint density at radius 1 is 1.28 bits per heavy atom. The second-order valence-electron chi connectivity index (χ2n) is 4.46. The molecule has 1 aromatic carbocycles. The molecule has 2 atom stereocenters. The van der Waals surface area contributed by atoms with Gasteiger partial charge in [0.2, 0.25) is 0 Å². The molecule has 0 bridgehead atoms. The number of nitrogens with zero attached hydrogens (tertiary/aromatic N) is 3. The van der Waals surface area contributed by atoms with E-state index in [-0.39, 0.29) is 5.92 Å². The van der Waals surface area contributed by atoms with Gasteiger partial charge in [0.1, 0.15) is 12.2 Å². The molecule has 1 heterocycles. The summed E-state index contributed by atoms with van der Waals surface area (Å²) < 4.78 is 1.82. The molecule has 2 unspecified atom stereocenters. The van der Waals surface area contributed by atoms with E-state index in [0.29, 0.717) is 6.42 Å². The fourth-order valence-corrected chi connectivity index (χ4v) is 2.05. The van der Waals surface area contributed by atoms with Crippen LogP contribution in [-0.2, 0) is 13.0 Å². The summed E-state index contributed by atoms with van der Waals surface area (Å²) in [4.78, 5) is 4.19. The van der Waals surface area contributed by atoms with E-state index in [9.17, 15) is 5.11 Å². The molecule has 0 radical (unpaired) electrons. The van der Waals surface area contributed by atoms with Crippen LogP contribution in [0, 0.1) is 0 Å². The van der Waals surface area contributed by atoms with Crippen molar-refractivity contribution >= 4 is 0 Å². The smallest absolute Gasteiger partial charge is 0.138 e. The van der Waals surface area contributed by atoms with Gasteiger partial charge in [-0.2, -0.15) is 5.10 Å². The summed E-state index contributed by atoms with van der Waals surface area (Å²) in [6.07, 6.45) is 1.63. The Labute approximate surface area is 107 Å². The third-order valence-corrected chi connectivity index (χ3v) is 3.29. The van der Waals surface area contributed by atoms with Crippen LogP contribution in [0.25, 0.3) is 0 Å². The molecule has 18 heavy (non-hydrogen) atoms. The first-order valence-corrected chi connectivity index (χ1v) is 6.32. The molecule has 0 aliphatic heterocycles. The van der Waals surface area contributed by atoms with Gasteiger partial charge in [0.25, 0.3) is 0 Å². The topological polar surface area (TPSA) is 50.9 Å². The van der Waals surface area contributed by atoms with Crippen LogP contribution < -0.4 is 0 Å². The van der Waals surface area contributed by atoms with E-state index in [1.165, 1.54) is 0 Å². The Bertz CT molecular complexity index is 481. The summed E-state index contributed by atoms with van der Waals surface area (Å²) in [5.41, 5.74) is 1.15. The number of aryl methyl sites for hydroxylation is 1. The number of aliphatic hydroxyl groups excluding tert-OH is 1. The minimum absolute atomic E-state index is 0.0909. The zero-order valence-corrected chi connectivity index (χ0v) is 10.8. The van der Waals surface area contributed by atoms with Gasteiger partial charge in [0.15, 0.2) is 0 Å². The number of benzene rings is 1. The number of aliphatic hydroxyl groups is 1. The van der Waals surface area contributed by atoms with Gasteiger partial charge in [-0.25, -0.2) is 4.98 Å². The molecule has 2 rings (SSSR count). The third kappa shape index (κ3) is 2.76. The summed E-state index contributed by atoms with van der Waals surface area (Å²) in [6, 6.07) is 10.0. The van der Waals surface area contributed by atoms with Crippen molar-refractivity contribution in [3.05, 3.63) is 48.0 Å². The van der Waals surface area contributed by atoms with Crippen LogP contribution in [0.15, 0.2) is 36.7 Å². The van der Waals surface area contributed by atoms with Gasteiger partial charge < -0.3 is 5.11 Å². The molecule has 0 aliphatic carbocycles. The van der Waals surface area contributed by atoms with E-state index in [1.54, 1.807) is 6.33 Å². The highest BCUT2D eigenvalue weighted by molar-refractivity contribution is 5.20. The minimum Gasteiger partial charge on any atom is -0.392 e. The molecule has 2 aromatic rings. The standard InChI is InChI=1S/C14H19N3O/c1-3-17-14(15-10-16-17)9-13(18)11(2)12-7-5-4-6-8-12/h4-8,10-11,13,18H,3,9H2,1-2H3. The highest BCUT2D eigenvalue weighted by Gasteiger charge is 2.18. The zero-order valence-electron chi connectivity index (χ0n) is 10.8. The van der Waals surface area contributed by atoms with E-state index in [2.05, 4.69) is 10.1 Å². The molecular weight excluding hydrogens is 226 g/mol. The lowest BCUT2D eigenvalue weighted by Gasteiger charge is -2.19. The van der Waals surface area contributed by atoms with Crippen molar-refractivity contribution in [3.8, 4) is 0 Å². The monoisotopic (exact) mass is 245 g/mol. The van der Waals surface area contributed by atoms with Crippen LogP contribution in [0.1, 0.15) is 31.2 Å². The zero-order chi connectivity index (χ0) is 13.0. The Morgan fingerprint density at radius 3 is 2.67 bits per heavy atom. The predicted molar refractivity (Wildman–Crippen MR) is 70.3 cm³/mol. The van der Waals surface area contributed by atoms with E-state index >= 15 is 0 Å². The molecule has 0 fully saturated rings. The van der Waals surface area contributed by atoms with E-state index in [1.807, 2.05) is 48.9 Å². The quantitative estimate of drug-likeness (QED) is 0.876. The maximum Gasteiger partial charge on any atom is 0.138 e. The average molecular weight is 245 g/mol. The Morgan fingerprint density at radius 2 is 2.00 bits per heavy atom. The van der Waals surface area contributed by atoms with Crippen molar-refractivity contribution in [2.45, 2.75) is 38.8 Å². The van der Waals surface area contributed by atoms with Gasteiger partial charge in [0.05, 0.1) is 6.10 Å². The van der Waals surface area contributed by atoms with Crippen molar-refractivity contribution in [1.29, 1.82) is 0 Å². The molecule has 96 valence electrons. The molecule has 1 aromatic heterocycles. The highest BCUT2D eigenvalue weighted by atomic mass is 16.3. The van der Waals surface area contributed by atoms with E-state index in [0.717, 1.165) is 17.9 Å². The van der Waals surface area contributed by atoms with Crippen LogP contribution in [0.5, 0.6) is 0 Å². The average Bonchev–Trinajstić information content (AvgIpc) is 2.86. The molecule has 0 saturated carbocycles. The second-order valence-corrected chi connectivity index (χ2v) is 4.46. The molecule has 4 nitrogen and oxygen atoms in total. The summed E-state index contributed by atoms with van der Waals surface area (Å²) in [6.45, 7) is 4.83. The normalized spacial score (nSPS) is 14.4. The summed E-state index contributed by atoms with van der Waals surface area (Å²) in [5, 5.41) is 14.4. The van der Waals surface area contributed by atoms with Gasteiger partial charge >= 0.3 is 0 Å². The van der Waals surface area contributed by atoms with E-state index < -0.39 is 6.10 Å². The molecular formula is C14H19N3O. The Balaban J connectivity index is 2.06. The van der Waals surface area contributed by atoms with Gasteiger partial charge in [-0.15, -0.1) is 0 Å². The van der Waals surface area contributed by atoms with Crippen molar-refractivity contribution in [3.63, 3.8) is 0 Å². The molecule has 1 N–H and O–H groups in total. The van der Waals surface area contributed by atoms with Crippen molar-refractivity contribution in [2.75, 3.05) is 0 Å². The second kappa shape index (κ2) is 5.78. The van der Waals surface area contributed by atoms with Crippen LogP contribution >= 0.6 is 0 Å². The molecule has 0 saturated heterocycles. The van der Waals surface area contributed by atoms with Crippen LogP contribution in [0.3, 0.4) is 0 Å². The van der Waals surface area contributed by atoms with Crippen molar-refractivity contribution < 1.29 is 5.11 Å². The minimum atomic E-state index is -0.443. The van der Waals surface area contributed by atoms with Gasteiger partial charge in [0, 0.05) is 18.9 Å².